The maximum atomic E-state index is 13.1. The van der Waals surface area contributed by atoms with Crippen molar-refractivity contribution in [1.29, 1.82) is 0 Å². The average molecular weight is 608 g/mol. The lowest BCUT2D eigenvalue weighted by atomic mass is 9.98. The molecule has 1 aromatic heterocycles. The topological polar surface area (TPSA) is 114 Å². The molecule has 2 N–H and O–H groups in total. The van der Waals surface area contributed by atoms with E-state index in [9.17, 15) is 36.6 Å². The Morgan fingerprint density at radius 1 is 1.24 bits per heavy atom. The Bertz CT molecular complexity index is 1290. The molecule has 1 aromatic carbocycles. The number of alkyl halides is 5. The van der Waals surface area contributed by atoms with Crippen molar-refractivity contribution in [3.63, 3.8) is 0 Å². The first-order valence-corrected chi connectivity index (χ1v) is 12.1. The highest BCUT2D eigenvalue weighted by Crippen LogP contribution is 2.35. The number of allylic oxidation sites excluding steroid dienone is 5. The molecule has 0 aliphatic rings. The largest absolute Gasteiger partial charge is 0.479 e. The minimum atomic E-state index is -5.96. The van der Waals surface area contributed by atoms with Crippen molar-refractivity contribution in [2.24, 2.45) is 0 Å². The molecule has 1 unspecified atom stereocenters. The first kappa shape index (κ1) is 33.5. The van der Waals surface area contributed by atoms with Crippen LogP contribution in [0.2, 0.25) is 0 Å². The van der Waals surface area contributed by atoms with E-state index in [0.29, 0.717) is 10.6 Å². The summed E-state index contributed by atoms with van der Waals surface area (Å²) in [6, 6.07) is 7.90. The lowest BCUT2D eigenvalue weighted by molar-refractivity contribution is -0.294. The normalized spacial score (nSPS) is 13.6. The second-order valence-electron chi connectivity index (χ2n) is 8.59. The van der Waals surface area contributed by atoms with Crippen LogP contribution < -0.4 is 10.2 Å². The summed E-state index contributed by atoms with van der Waals surface area (Å²) in [5.41, 5.74) is 5.11. The van der Waals surface area contributed by atoms with Crippen LogP contribution in [-0.4, -0.2) is 65.6 Å². The smallest absolute Gasteiger partial charge is 0.456 e. The van der Waals surface area contributed by atoms with Gasteiger partial charge in [0.1, 0.15) is 0 Å². The second-order valence-corrected chi connectivity index (χ2v) is 9.03. The van der Waals surface area contributed by atoms with Crippen LogP contribution in [0.5, 0.6) is 5.88 Å². The second kappa shape index (κ2) is 14.2. The molecule has 224 valence electrons. The highest BCUT2D eigenvalue weighted by atomic mass is 35.5. The van der Waals surface area contributed by atoms with Crippen LogP contribution in [0.4, 0.5) is 22.0 Å². The molecule has 0 radical (unpaired) electrons. The Morgan fingerprint density at radius 2 is 1.88 bits per heavy atom. The number of hydrogen-bond donors (Lipinski definition) is 2. The molecule has 0 aliphatic carbocycles. The van der Waals surface area contributed by atoms with E-state index in [2.05, 4.69) is 21.9 Å². The number of methoxy groups -OCH3 is 1. The van der Waals surface area contributed by atoms with Crippen molar-refractivity contribution in [2.75, 3.05) is 20.3 Å². The molecule has 0 bridgehead atoms. The molecule has 1 atom stereocenters. The van der Waals surface area contributed by atoms with Crippen LogP contribution in [0.1, 0.15) is 35.5 Å². The molecule has 2 rings (SSSR count). The van der Waals surface area contributed by atoms with E-state index in [4.69, 9.17) is 20.9 Å². The van der Waals surface area contributed by atoms with E-state index < -0.39 is 43.2 Å². The van der Waals surface area contributed by atoms with Gasteiger partial charge >= 0.3 is 24.0 Å². The predicted octanol–water partition coefficient (Wildman–Crippen LogP) is 5.03. The zero-order valence-corrected chi connectivity index (χ0v) is 22.9. The molecule has 1 amide bonds. The summed E-state index contributed by atoms with van der Waals surface area (Å²) in [4.78, 5) is 24.7. The van der Waals surface area contributed by atoms with E-state index in [1.807, 2.05) is 0 Å². The number of halogens is 6. The van der Waals surface area contributed by atoms with E-state index in [-0.39, 0.29) is 18.2 Å². The van der Waals surface area contributed by atoms with Crippen LogP contribution in [-0.2, 0) is 16.1 Å². The molecule has 15 heteroatoms. The summed E-state index contributed by atoms with van der Waals surface area (Å²) in [6.07, 6.45) is -4.76. The lowest BCUT2D eigenvalue weighted by Gasteiger charge is -2.25. The molecule has 0 aliphatic heterocycles. The van der Waals surface area contributed by atoms with Gasteiger partial charge < -0.3 is 19.1 Å². The van der Waals surface area contributed by atoms with Crippen molar-refractivity contribution < 1.29 is 50.6 Å². The number of esters is 1. The van der Waals surface area contributed by atoms with Crippen LogP contribution >= 0.6 is 11.6 Å². The van der Waals surface area contributed by atoms with E-state index in [1.165, 1.54) is 7.11 Å². The number of carbonyl (C=O) groups is 2. The lowest BCUT2D eigenvalue weighted by Crippen LogP contribution is -2.48. The number of nitrogens with zero attached hydrogens (tertiary/aromatic N) is 2. The Balaban J connectivity index is 2.24. The first-order valence-electron chi connectivity index (χ1n) is 11.7. The number of amides is 1. The Morgan fingerprint density at radius 3 is 2.39 bits per heavy atom. The summed E-state index contributed by atoms with van der Waals surface area (Å²) in [5, 5.41) is 15.2. The van der Waals surface area contributed by atoms with Gasteiger partial charge in [-0.15, -0.1) is 0 Å². The number of hydrazine groups is 1. The maximum Gasteiger partial charge on any atom is 0.456 e. The van der Waals surface area contributed by atoms with Crippen LogP contribution in [0.15, 0.2) is 64.2 Å². The first-order chi connectivity index (χ1) is 19.1. The monoisotopic (exact) mass is 607 g/mol. The molecule has 0 saturated carbocycles. The van der Waals surface area contributed by atoms with Gasteiger partial charge in [0.2, 0.25) is 5.76 Å². The number of carbonyl (C=O) groups excluding carboxylic acids is 2. The minimum absolute atomic E-state index is 0.0223. The Hall–Kier alpha value is -3.75. The van der Waals surface area contributed by atoms with Gasteiger partial charge in [-0.2, -0.15) is 22.0 Å². The summed E-state index contributed by atoms with van der Waals surface area (Å²) in [7, 11) is 1.28. The number of nitrogens with one attached hydrogen (secondary N) is 1. The van der Waals surface area contributed by atoms with Crippen molar-refractivity contribution in [1.82, 2.24) is 15.6 Å². The average Bonchev–Trinajstić information content (AvgIpc) is 3.39. The van der Waals surface area contributed by atoms with Gasteiger partial charge in [0.15, 0.2) is 12.7 Å². The Labute approximate surface area is 236 Å². The number of aliphatic hydroxyl groups is 1. The fourth-order valence-electron chi connectivity index (χ4n) is 3.12. The summed E-state index contributed by atoms with van der Waals surface area (Å²) in [6.45, 7) is 4.25. The van der Waals surface area contributed by atoms with E-state index in [1.54, 1.807) is 50.3 Å². The third-order valence-electron chi connectivity index (χ3n) is 5.31. The van der Waals surface area contributed by atoms with Crippen LogP contribution in [0.25, 0.3) is 5.57 Å². The minimum Gasteiger partial charge on any atom is -0.479 e. The van der Waals surface area contributed by atoms with Crippen LogP contribution in [0.3, 0.4) is 0 Å². The fourth-order valence-corrected chi connectivity index (χ4v) is 3.23. The third kappa shape index (κ3) is 9.69. The fraction of sp³-hybridized carbons (Fsp3) is 0.346. The number of aliphatic hydroxyl groups excluding tert-OH is 1. The number of aromatic nitrogens is 1. The van der Waals surface area contributed by atoms with Crippen molar-refractivity contribution >= 4 is 29.1 Å². The molecule has 0 fully saturated rings. The van der Waals surface area contributed by atoms with E-state index in [0.717, 1.165) is 27.8 Å². The quantitative estimate of drug-likeness (QED) is 0.141. The number of rotatable bonds is 13. The van der Waals surface area contributed by atoms with E-state index >= 15 is 0 Å². The zero-order valence-electron chi connectivity index (χ0n) is 22.1. The summed E-state index contributed by atoms with van der Waals surface area (Å²) < 4.78 is 77.0. The summed E-state index contributed by atoms with van der Waals surface area (Å²) in [5.74, 6) is -8.32. The van der Waals surface area contributed by atoms with Crippen LogP contribution in [0, 0.1) is 0 Å². The predicted molar refractivity (Wildman–Crippen MR) is 138 cm³/mol. The van der Waals surface area contributed by atoms with Gasteiger partial charge in [-0.1, -0.05) is 54.1 Å². The molecule has 1 heterocycles. The number of hydrogen-bond acceptors (Lipinski definition) is 8. The van der Waals surface area contributed by atoms with Gasteiger partial charge in [0, 0.05) is 11.6 Å². The van der Waals surface area contributed by atoms with Gasteiger partial charge in [0.05, 0.1) is 19.7 Å². The Kier molecular flexibility index (Phi) is 11.6. The molecular weight excluding hydrogens is 581 g/mol. The van der Waals surface area contributed by atoms with Crippen molar-refractivity contribution in [2.45, 2.75) is 38.6 Å². The zero-order chi connectivity index (χ0) is 31.0. The summed E-state index contributed by atoms with van der Waals surface area (Å²) >= 11 is 6.13. The van der Waals surface area contributed by atoms with Crippen molar-refractivity contribution in [3.05, 3.63) is 76.6 Å². The third-order valence-corrected chi connectivity index (χ3v) is 5.64. The highest BCUT2D eigenvalue weighted by molar-refractivity contribution is 6.31. The molecule has 0 saturated heterocycles. The maximum absolute atomic E-state index is 13.1. The highest BCUT2D eigenvalue weighted by Gasteiger charge is 2.58. The van der Waals surface area contributed by atoms with Gasteiger partial charge in [-0.3, -0.25) is 10.2 Å². The van der Waals surface area contributed by atoms with Crippen molar-refractivity contribution in [3.8, 4) is 5.88 Å². The molecule has 0 spiro atoms. The molecule has 9 nitrogen and oxygen atoms in total. The SMILES string of the molecule is C=C(C)C(=CC(Cl)=CC)c1ccc(CN(CC(O)C(=O)OCC(F)(F)C(F)(F)F)NC(=O)c2cc(OC)no2)cc1. The number of benzene rings is 1. The molecular formula is C26H27ClF5N3O6. The van der Waals surface area contributed by atoms with Gasteiger partial charge in [-0.25, -0.2) is 9.80 Å². The number of ether oxygens (including phenoxy) is 2. The molecule has 41 heavy (non-hydrogen) atoms. The standard InChI is InChI=1S/C26H27ClF5N3O6/c1-5-18(27)10-19(15(2)3)17-8-6-16(7-9-17)12-35(33-23(37)21-11-22(39-4)34-41-21)13-20(36)24(38)40-14-25(28,29)26(30,31)32/h5-11,20,36H,2,12-14H2,1,3-4H3,(H,33,37). The molecule has 2 aromatic rings. The van der Waals surface area contributed by atoms with Gasteiger partial charge in [0.25, 0.3) is 5.88 Å². The van der Waals surface area contributed by atoms with Gasteiger partial charge in [-0.05, 0) is 41.8 Å².